The molecule has 1 fully saturated rings. The largest absolute Gasteiger partial charge is 0.396 e. The molecular formula is C7H13NO3. The highest BCUT2D eigenvalue weighted by Crippen LogP contribution is 2.14. The molecule has 2 atom stereocenters. The van der Waals surface area contributed by atoms with Crippen molar-refractivity contribution >= 4 is 6.29 Å². The minimum absolute atomic E-state index is 0.00345. The lowest BCUT2D eigenvalue weighted by Crippen LogP contribution is -2.23. The number of aliphatic hydroxyl groups is 2. The summed E-state index contributed by atoms with van der Waals surface area (Å²) in [7, 11) is 0. The van der Waals surface area contributed by atoms with Crippen molar-refractivity contribution in [3.05, 3.63) is 0 Å². The summed E-state index contributed by atoms with van der Waals surface area (Å²) < 4.78 is 0. The lowest BCUT2D eigenvalue weighted by molar-refractivity contribution is -0.108. The summed E-state index contributed by atoms with van der Waals surface area (Å²) in [6.07, 6.45) is 0.340. The van der Waals surface area contributed by atoms with Gasteiger partial charge in [-0.3, -0.25) is 4.90 Å². The van der Waals surface area contributed by atoms with Crippen LogP contribution in [0, 0.1) is 5.92 Å². The van der Waals surface area contributed by atoms with E-state index in [2.05, 4.69) is 0 Å². The number of nitrogens with zero attached hydrogens (tertiary/aromatic N) is 1. The molecule has 4 nitrogen and oxygen atoms in total. The molecule has 1 heterocycles. The highest BCUT2D eigenvalue weighted by molar-refractivity contribution is 5.52. The van der Waals surface area contributed by atoms with Gasteiger partial charge in [-0.15, -0.1) is 0 Å². The molecule has 1 saturated heterocycles. The Morgan fingerprint density at radius 1 is 1.55 bits per heavy atom. The SMILES string of the molecule is O=CCN1CC(O)C(CO)C1. The maximum atomic E-state index is 10.1. The van der Waals surface area contributed by atoms with Crippen LogP contribution >= 0.6 is 0 Å². The summed E-state index contributed by atoms with van der Waals surface area (Å²) in [6, 6.07) is 0. The van der Waals surface area contributed by atoms with E-state index in [1.165, 1.54) is 0 Å². The molecule has 0 saturated carbocycles. The van der Waals surface area contributed by atoms with E-state index in [1.54, 1.807) is 0 Å². The van der Waals surface area contributed by atoms with Crippen LogP contribution in [0.1, 0.15) is 0 Å². The minimum Gasteiger partial charge on any atom is -0.396 e. The van der Waals surface area contributed by atoms with Gasteiger partial charge in [-0.2, -0.15) is 0 Å². The van der Waals surface area contributed by atoms with Gasteiger partial charge in [0.15, 0.2) is 0 Å². The molecule has 64 valence electrons. The van der Waals surface area contributed by atoms with Crippen LogP contribution in [0.5, 0.6) is 0 Å². The Labute approximate surface area is 65.4 Å². The zero-order valence-corrected chi connectivity index (χ0v) is 6.31. The summed E-state index contributed by atoms with van der Waals surface area (Å²) in [5, 5.41) is 18.0. The van der Waals surface area contributed by atoms with Gasteiger partial charge in [0.05, 0.1) is 12.6 Å². The number of aliphatic hydroxyl groups excluding tert-OH is 2. The highest BCUT2D eigenvalue weighted by atomic mass is 16.3. The van der Waals surface area contributed by atoms with Crippen molar-refractivity contribution in [2.24, 2.45) is 5.92 Å². The minimum atomic E-state index is -0.472. The summed E-state index contributed by atoms with van der Waals surface area (Å²) >= 11 is 0. The zero-order valence-electron chi connectivity index (χ0n) is 6.31. The van der Waals surface area contributed by atoms with Crippen LogP contribution in [0.25, 0.3) is 0 Å². The quantitative estimate of drug-likeness (QED) is 0.490. The summed E-state index contributed by atoms with van der Waals surface area (Å²) in [4.78, 5) is 11.9. The Morgan fingerprint density at radius 2 is 2.27 bits per heavy atom. The van der Waals surface area contributed by atoms with Gasteiger partial charge in [-0.1, -0.05) is 0 Å². The van der Waals surface area contributed by atoms with Gasteiger partial charge in [0.2, 0.25) is 0 Å². The van der Waals surface area contributed by atoms with Crippen molar-refractivity contribution in [1.82, 2.24) is 4.90 Å². The number of β-amino-alcohol motifs (C(OH)–C–C–N with tert-alkyl or cyclic N) is 1. The van der Waals surface area contributed by atoms with Crippen LogP contribution in [-0.4, -0.2) is 53.7 Å². The van der Waals surface area contributed by atoms with Gasteiger partial charge >= 0.3 is 0 Å². The fraction of sp³-hybridized carbons (Fsp3) is 0.857. The van der Waals surface area contributed by atoms with Gasteiger partial charge in [-0.05, 0) is 0 Å². The van der Waals surface area contributed by atoms with Crippen LogP contribution in [0.2, 0.25) is 0 Å². The van der Waals surface area contributed by atoms with Crippen LogP contribution < -0.4 is 0 Å². The molecule has 1 aliphatic heterocycles. The molecule has 1 aliphatic rings. The first-order chi connectivity index (χ1) is 5.27. The third-order valence-corrected chi connectivity index (χ3v) is 2.05. The Morgan fingerprint density at radius 3 is 2.73 bits per heavy atom. The molecule has 0 amide bonds. The molecule has 0 aromatic heterocycles. The fourth-order valence-corrected chi connectivity index (χ4v) is 1.38. The van der Waals surface area contributed by atoms with E-state index < -0.39 is 6.10 Å². The first-order valence-electron chi connectivity index (χ1n) is 3.73. The third kappa shape index (κ3) is 1.99. The van der Waals surface area contributed by atoms with Gasteiger partial charge in [0, 0.05) is 25.6 Å². The molecule has 2 N–H and O–H groups in total. The number of hydrogen-bond acceptors (Lipinski definition) is 4. The number of carbonyl (C=O) groups is 1. The molecule has 0 bridgehead atoms. The van der Waals surface area contributed by atoms with E-state index in [0.29, 0.717) is 19.6 Å². The predicted molar refractivity (Wildman–Crippen MR) is 39.1 cm³/mol. The van der Waals surface area contributed by atoms with E-state index in [9.17, 15) is 9.90 Å². The van der Waals surface area contributed by atoms with Crippen LogP contribution in [0.4, 0.5) is 0 Å². The smallest absolute Gasteiger partial charge is 0.133 e. The number of aldehydes is 1. The first kappa shape index (κ1) is 8.64. The number of likely N-dealkylation sites (tertiary alicyclic amines) is 1. The van der Waals surface area contributed by atoms with Crippen LogP contribution in [-0.2, 0) is 4.79 Å². The third-order valence-electron chi connectivity index (χ3n) is 2.05. The van der Waals surface area contributed by atoms with Crippen molar-refractivity contribution in [3.8, 4) is 0 Å². The van der Waals surface area contributed by atoms with Crippen LogP contribution in [0.15, 0.2) is 0 Å². The summed E-state index contributed by atoms with van der Waals surface area (Å²) in [5.74, 6) is -0.0741. The number of rotatable bonds is 3. The Balaban J connectivity index is 2.36. The number of carbonyl (C=O) groups excluding carboxylic acids is 1. The maximum absolute atomic E-state index is 10.1. The van der Waals surface area contributed by atoms with Crippen molar-refractivity contribution < 1.29 is 15.0 Å². The average molecular weight is 159 g/mol. The molecule has 0 aromatic rings. The maximum Gasteiger partial charge on any atom is 0.133 e. The molecule has 11 heavy (non-hydrogen) atoms. The molecule has 0 aromatic carbocycles. The van der Waals surface area contributed by atoms with Gasteiger partial charge in [-0.25, -0.2) is 0 Å². The summed E-state index contributed by atoms with van der Waals surface area (Å²) in [6.45, 7) is 1.48. The molecule has 4 heteroatoms. The van der Waals surface area contributed by atoms with Gasteiger partial charge in [0.1, 0.15) is 6.29 Å². The van der Waals surface area contributed by atoms with Crippen molar-refractivity contribution in [3.63, 3.8) is 0 Å². The molecule has 0 radical (unpaired) electrons. The normalized spacial score (nSPS) is 32.5. The Bertz CT molecular complexity index is 140. The van der Waals surface area contributed by atoms with Crippen molar-refractivity contribution in [2.75, 3.05) is 26.2 Å². The van der Waals surface area contributed by atoms with E-state index in [1.807, 2.05) is 4.90 Å². The van der Waals surface area contributed by atoms with Gasteiger partial charge < -0.3 is 15.0 Å². The van der Waals surface area contributed by atoms with Gasteiger partial charge in [0.25, 0.3) is 0 Å². The zero-order chi connectivity index (χ0) is 8.27. The van der Waals surface area contributed by atoms with Crippen molar-refractivity contribution in [1.29, 1.82) is 0 Å². The molecule has 0 aliphatic carbocycles. The number of hydrogen-bond donors (Lipinski definition) is 2. The Kier molecular flexibility index (Phi) is 2.99. The summed E-state index contributed by atoms with van der Waals surface area (Å²) in [5.41, 5.74) is 0. The first-order valence-corrected chi connectivity index (χ1v) is 3.73. The average Bonchev–Trinajstić information content (AvgIpc) is 2.32. The lowest BCUT2D eigenvalue weighted by atomic mass is 10.1. The molecule has 2 unspecified atom stereocenters. The second-order valence-electron chi connectivity index (χ2n) is 2.90. The predicted octanol–water partition coefficient (Wildman–Crippen LogP) is -1.53. The van der Waals surface area contributed by atoms with E-state index in [0.717, 1.165) is 6.29 Å². The topological polar surface area (TPSA) is 60.8 Å². The van der Waals surface area contributed by atoms with E-state index >= 15 is 0 Å². The molecule has 1 rings (SSSR count). The molecular weight excluding hydrogens is 146 g/mol. The monoisotopic (exact) mass is 159 g/mol. The standard InChI is InChI=1S/C7H13NO3/c9-2-1-8-3-6(5-10)7(11)4-8/h2,6-7,10-11H,1,3-5H2. The fourth-order valence-electron chi connectivity index (χ4n) is 1.38. The van der Waals surface area contributed by atoms with E-state index in [4.69, 9.17) is 5.11 Å². The van der Waals surface area contributed by atoms with Crippen molar-refractivity contribution in [2.45, 2.75) is 6.10 Å². The van der Waals surface area contributed by atoms with Crippen LogP contribution in [0.3, 0.4) is 0 Å². The second-order valence-corrected chi connectivity index (χ2v) is 2.90. The highest BCUT2D eigenvalue weighted by Gasteiger charge is 2.29. The van der Waals surface area contributed by atoms with E-state index in [-0.39, 0.29) is 12.5 Å². The second kappa shape index (κ2) is 3.80. The lowest BCUT2D eigenvalue weighted by Gasteiger charge is -2.09. The Hall–Kier alpha value is -0.450. The molecule has 0 spiro atoms.